The second kappa shape index (κ2) is 10.9. The quantitative estimate of drug-likeness (QED) is 0.365. The van der Waals surface area contributed by atoms with Crippen LogP contribution < -0.4 is 5.32 Å². The van der Waals surface area contributed by atoms with Crippen molar-refractivity contribution >= 4 is 29.9 Å². The van der Waals surface area contributed by atoms with Gasteiger partial charge in [0.1, 0.15) is 12.4 Å². The van der Waals surface area contributed by atoms with Gasteiger partial charge in [-0.3, -0.25) is 4.68 Å². The maximum atomic E-state index is 4.85. The molecule has 0 atom stereocenters. The van der Waals surface area contributed by atoms with Crippen LogP contribution in [0.3, 0.4) is 0 Å². The molecule has 0 radical (unpaired) electrons. The van der Waals surface area contributed by atoms with Gasteiger partial charge < -0.3 is 14.8 Å². The van der Waals surface area contributed by atoms with Crippen LogP contribution in [0.2, 0.25) is 0 Å². The number of rotatable bonds is 6. The van der Waals surface area contributed by atoms with Crippen LogP contribution in [0.1, 0.15) is 68.9 Å². The fourth-order valence-corrected chi connectivity index (χ4v) is 3.77. The molecule has 3 heterocycles. The first-order chi connectivity index (χ1) is 13.5. The molecule has 0 saturated carbocycles. The van der Waals surface area contributed by atoms with Crippen molar-refractivity contribution in [2.24, 2.45) is 12.0 Å². The minimum absolute atomic E-state index is 0. The van der Waals surface area contributed by atoms with Gasteiger partial charge in [0.2, 0.25) is 0 Å². The van der Waals surface area contributed by atoms with E-state index in [9.17, 15) is 0 Å². The van der Waals surface area contributed by atoms with E-state index in [4.69, 9.17) is 4.99 Å². The van der Waals surface area contributed by atoms with E-state index in [0.717, 1.165) is 49.4 Å². The Morgan fingerprint density at radius 2 is 2.07 bits per heavy atom. The van der Waals surface area contributed by atoms with Crippen molar-refractivity contribution in [1.82, 2.24) is 34.8 Å². The van der Waals surface area contributed by atoms with Gasteiger partial charge in [-0.2, -0.15) is 5.10 Å². The molecule has 0 unspecified atom stereocenters. The van der Waals surface area contributed by atoms with Crippen LogP contribution in [0.25, 0.3) is 0 Å². The number of nitrogens with one attached hydrogen (secondary N) is 1. The van der Waals surface area contributed by atoms with Crippen molar-refractivity contribution in [1.29, 1.82) is 0 Å². The monoisotopic (exact) mass is 514 g/mol. The van der Waals surface area contributed by atoms with Gasteiger partial charge in [-0.1, -0.05) is 20.3 Å². The summed E-state index contributed by atoms with van der Waals surface area (Å²) < 4.78 is 4.16. The molecule has 0 bridgehead atoms. The maximum absolute atomic E-state index is 4.85. The number of aryl methyl sites for hydroxylation is 2. The average Bonchev–Trinajstić information content (AvgIpc) is 3.12. The highest BCUT2D eigenvalue weighted by Gasteiger charge is 2.17. The summed E-state index contributed by atoms with van der Waals surface area (Å²) in [5.41, 5.74) is 2.38. The lowest BCUT2D eigenvalue weighted by molar-refractivity contribution is 0.472. The van der Waals surface area contributed by atoms with E-state index in [1.165, 1.54) is 24.8 Å². The van der Waals surface area contributed by atoms with Gasteiger partial charge in [-0.25, -0.2) is 4.99 Å². The number of nitrogens with zero attached hydrogens (tertiary/aromatic N) is 7. The molecule has 2 aromatic heterocycles. The summed E-state index contributed by atoms with van der Waals surface area (Å²) >= 11 is 0. The highest BCUT2D eigenvalue weighted by Crippen LogP contribution is 2.19. The summed E-state index contributed by atoms with van der Waals surface area (Å²) in [6.07, 6.45) is 6.79. The summed E-state index contributed by atoms with van der Waals surface area (Å²) in [6, 6.07) is 0. The Kier molecular flexibility index (Phi) is 8.91. The Bertz CT molecular complexity index is 808. The standard InChI is InChI=1S/C20H34N8.HI/c1-6-21-20(26(4)13-16-14-27(5)25-19(16)15(2)3)22-12-18-24-23-17-10-8-7-9-11-28(17)18;/h14-15H,6-13H2,1-5H3,(H,21,22);1H. The first-order valence-electron chi connectivity index (χ1n) is 10.4. The van der Waals surface area contributed by atoms with Crippen LogP contribution in [0.5, 0.6) is 0 Å². The summed E-state index contributed by atoms with van der Waals surface area (Å²) in [4.78, 5) is 7.01. The van der Waals surface area contributed by atoms with Crippen LogP contribution in [-0.4, -0.2) is 49.0 Å². The molecule has 1 N–H and O–H groups in total. The lowest BCUT2D eigenvalue weighted by Gasteiger charge is -2.22. The van der Waals surface area contributed by atoms with Gasteiger partial charge in [0, 0.05) is 51.9 Å². The molecule has 2 aromatic rings. The van der Waals surface area contributed by atoms with Crippen LogP contribution in [-0.2, 0) is 33.1 Å². The number of aliphatic imine (C=N–C) groups is 1. The fraction of sp³-hybridized carbons (Fsp3) is 0.700. The number of aromatic nitrogens is 5. The van der Waals surface area contributed by atoms with E-state index in [2.05, 4.69) is 64.1 Å². The van der Waals surface area contributed by atoms with E-state index in [1.54, 1.807) is 0 Å². The second-order valence-electron chi connectivity index (χ2n) is 7.89. The Labute approximate surface area is 191 Å². The average molecular weight is 514 g/mol. The first kappa shape index (κ1) is 23.6. The molecule has 0 saturated heterocycles. The molecule has 0 aliphatic carbocycles. The van der Waals surface area contributed by atoms with Gasteiger partial charge >= 0.3 is 0 Å². The summed E-state index contributed by atoms with van der Waals surface area (Å²) in [5.74, 6) is 3.35. The molecule has 9 heteroatoms. The molecule has 0 fully saturated rings. The van der Waals surface area contributed by atoms with Crippen molar-refractivity contribution < 1.29 is 0 Å². The lowest BCUT2D eigenvalue weighted by Crippen LogP contribution is -2.38. The van der Waals surface area contributed by atoms with Crippen LogP contribution in [0.15, 0.2) is 11.2 Å². The van der Waals surface area contributed by atoms with Crippen molar-refractivity contribution in [2.45, 2.75) is 72.0 Å². The van der Waals surface area contributed by atoms with Crippen molar-refractivity contribution in [3.63, 3.8) is 0 Å². The second-order valence-corrected chi connectivity index (χ2v) is 7.89. The van der Waals surface area contributed by atoms with Gasteiger partial charge in [-0.15, -0.1) is 34.2 Å². The molecule has 162 valence electrons. The zero-order valence-corrected chi connectivity index (χ0v) is 20.7. The summed E-state index contributed by atoms with van der Waals surface area (Å²) in [5, 5.41) is 16.8. The van der Waals surface area contributed by atoms with Gasteiger partial charge in [-0.05, 0) is 25.7 Å². The Morgan fingerprint density at radius 1 is 1.28 bits per heavy atom. The first-order valence-corrected chi connectivity index (χ1v) is 10.4. The summed E-state index contributed by atoms with van der Waals surface area (Å²) in [6.45, 7) is 9.60. The van der Waals surface area contributed by atoms with Crippen molar-refractivity contribution in [3.8, 4) is 0 Å². The molecule has 8 nitrogen and oxygen atoms in total. The number of halogens is 1. The normalized spacial score (nSPS) is 14.3. The molecule has 0 amide bonds. The largest absolute Gasteiger partial charge is 0.357 e. The van der Waals surface area contributed by atoms with Crippen LogP contribution in [0, 0.1) is 0 Å². The highest BCUT2D eigenvalue weighted by atomic mass is 127. The third-order valence-corrected chi connectivity index (χ3v) is 5.14. The topological polar surface area (TPSA) is 76.2 Å². The minimum atomic E-state index is 0. The molecule has 0 spiro atoms. The van der Waals surface area contributed by atoms with E-state index >= 15 is 0 Å². The van der Waals surface area contributed by atoms with E-state index in [0.29, 0.717) is 12.5 Å². The SMILES string of the molecule is CCNC(=NCc1nnc2n1CCCCC2)N(C)Cc1cn(C)nc1C(C)C.I. The van der Waals surface area contributed by atoms with Gasteiger partial charge in [0.25, 0.3) is 0 Å². The van der Waals surface area contributed by atoms with E-state index < -0.39 is 0 Å². The molecular weight excluding hydrogens is 479 g/mol. The molecule has 3 rings (SSSR count). The van der Waals surface area contributed by atoms with Crippen LogP contribution >= 0.6 is 24.0 Å². The number of fused-ring (bicyclic) bond motifs is 1. The third kappa shape index (κ3) is 5.93. The zero-order valence-electron chi connectivity index (χ0n) is 18.4. The van der Waals surface area contributed by atoms with E-state index in [-0.39, 0.29) is 24.0 Å². The Balaban J connectivity index is 0.00000300. The minimum Gasteiger partial charge on any atom is -0.357 e. The smallest absolute Gasteiger partial charge is 0.194 e. The third-order valence-electron chi connectivity index (χ3n) is 5.14. The number of hydrogen-bond acceptors (Lipinski definition) is 4. The van der Waals surface area contributed by atoms with Gasteiger partial charge in [0.05, 0.1) is 5.69 Å². The highest BCUT2D eigenvalue weighted by molar-refractivity contribution is 14.0. The maximum Gasteiger partial charge on any atom is 0.194 e. The predicted molar refractivity (Wildman–Crippen MR) is 127 cm³/mol. The lowest BCUT2D eigenvalue weighted by atomic mass is 10.1. The van der Waals surface area contributed by atoms with Crippen LogP contribution in [0.4, 0.5) is 0 Å². The number of hydrogen-bond donors (Lipinski definition) is 1. The molecular formula is C20H35IN8. The van der Waals surface area contributed by atoms with Gasteiger partial charge in [0.15, 0.2) is 11.8 Å². The van der Waals surface area contributed by atoms with Crippen molar-refractivity contribution in [2.75, 3.05) is 13.6 Å². The molecule has 29 heavy (non-hydrogen) atoms. The Hall–Kier alpha value is -1.65. The van der Waals surface area contributed by atoms with E-state index in [1.807, 2.05) is 11.7 Å². The molecule has 0 aromatic carbocycles. The summed E-state index contributed by atoms with van der Waals surface area (Å²) in [7, 11) is 4.05. The fourth-order valence-electron chi connectivity index (χ4n) is 3.77. The predicted octanol–water partition coefficient (Wildman–Crippen LogP) is 3.08. The Morgan fingerprint density at radius 3 is 2.79 bits per heavy atom. The number of guanidine groups is 1. The molecule has 1 aliphatic heterocycles. The zero-order chi connectivity index (χ0) is 20.1. The van der Waals surface area contributed by atoms with Crippen molar-refractivity contribution in [3.05, 3.63) is 29.1 Å². The molecule has 1 aliphatic rings.